The van der Waals surface area contributed by atoms with Crippen molar-refractivity contribution in [1.29, 1.82) is 5.26 Å². The van der Waals surface area contributed by atoms with Gasteiger partial charge in [-0.15, -0.1) is 0 Å². The van der Waals surface area contributed by atoms with Crippen LogP contribution in [-0.2, 0) is 4.74 Å². The minimum atomic E-state index is -0.780. The first kappa shape index (κ1) is 26.8. The molecule has 11 heteroatoms. The van der Waals surface area contributed by atoms with Crippen molar-refractivity contribution in [1.82, 2.24) is 24.9 Å². The van der Waals surface area contributed by atoms with Crippen LogP contribution in [0.3, 0.4) is 0 Å². The lowest BCUT2D eigenvalue weighted by atomic mass is 10.1. The summed E-state index contributed by atoms with van der Waals surface area (Å²) in [5.41, 5.74) is 2.58. The zero-order valence-corrected chi connectivity index (χ0v) is 22.2. The van der Waals surface area contributed by atoms with E-state index in [9.17, 15) is 19.6 Å². The predicted molar refractivity (Wildman–Crippen MR) is 144 cm³/mol. The van der Waals surface area contributed by atoms with Crippen molar-refractivity contribution < 1.29 is 19.1 Å². The molecule has 3 amide bonds. The van der Waals surface area contributed by atoms with Crippen LogP contribution in [0.1, 0.15) is 47.2 Å². The molecule has 3 heterocycles. The average molecular weight is 526 g/mol. The molecule has 0 radical (unpaired) electrons. The summed E-state index contributed by atoms with van der Waals surface area (Å²) in [6.07, 6.45) is 4.12. The van der Waals surface area contributed by atoms with E-state index in [0.717, 1.165) is 5.01 Å². The van der Waals surface area contributed by atoms with Crippen LogP contribution in [0.25, 0.3) is 16.6 Å². The fraction of sp³-hybridized carbons (Fsp3) is 0.214. The van der Waals surface area contributed by atoms with Crippen LogP contribution in [0.5, 0.6) is 0 Å². The molecule has 1 N–H and O–H groups in total. The fourth-order valence-corrected chi connectivity index (χ4v) is 3.79. The Kier molecular flexibility index (Phi) is 7.31. The van der Waals surface area contributed by atoms with Gasteiger partial charge in [-0.25, -0.2) is 19.3 Å². The van der Waals surface area contributed by atoms with Gasteiger partial charge in [0, 0.05) is 43.2 Å². The molecular formula is C28H27N7O4. The number of aromatic nitrogens is 3. The smallest absolute Gasteiger partial charge is 0.429 e. The monoisotopic (exact) mass is 525 g/mol. The highest BCUT2D eigenvalue weighted by Crippen LogP contribution is 2.27. The number of nitrogens with zero attached hydrogens (tertiary/aromatic N) is 6. The second-order valence-corrected chi connectivity index (χ2v) is 9.59. The summed E-state index contributed by atoms with van der Waals surface area (Å²) in [4.78, 5) is 42.9. The summed E-state index contributed by atoms with van der Waals surface area (Å²) in [5, 5.41) is 18.4. The number of hydrogen-bond acceptors (Lipinski definition) is 7. The number of hydrazine groups is 1. The van der Waals surface area contributed by atoms with Gasteiger partial charge >= 0.3 is 6.09 Å². The van der Waals surface area contributed by atoms with Crippen molar-refractivity contribution in [3.63, 3.8) is 0 Å². The maximum Gasteiger partial charge on any atom is 0.429 e. The molecule has 1 aromatic carbocycles. The van der Waals surface area contributed by atoms with E-state index in [4.69, 9.17) is 4.74 Å². The van der Waals surface area contributed by atoms with E-state index in [2.05, 4.69) is 15.4 Å². The minimum absolute atomic E-state index is 0.275. The number of benzene rings is 1. The molecule has 0 unspecified atom stereocenters. The molecule has 198 valence electrons. The normalized spacial score (nSPS) is 11.0. The highest BCUT2D eigenvalue weighted by atomic mass is 16.6. The summed E-state index contributed by atoms with van der Waals surface area (Å²) in [6.45, 7) is 5.20. The average Bonchev–Trinajstić information content (AvgIpc) is 3.35. The number of pyridine rings is 2. The Bertz CT molecular complexity index is 1580. The first-order chi connectivity index (χ1) is 18.5. The second-order valence-electron chi connectivity index (χ2n) is 9.59. The third-order valence-electron chi connectivity index (χ3n) is 5.69. The van der Waals surface area contributed by atoms with Gasteiger partial charge in [0.05, 0.1) is 29.0 Å². The lowest BCUT2D eigenvalue weighted by molar-refractivity contribution is 0.0267. The van der Waals surface area contributed by atoms with Gasteiger partial charge in [0.2, 0.25) is 0 Å². The standard InChI is InChI=1S/C28H27N7O4/c1-28(2,3)39-27(38)33(5)35(21-9-6-18(15-29)7-10-21)26(37)19-12-13-34-24(14-19)22(17-32-34)20-8-11-23(31-16-20)25(36)30-4/h6-14,16-17H,1-5H3,(H,30,36). The SMILES string of the molecule is CNC(=O)c1ccc(-c2cnn3ccc(C(=O)N(c4ccc(C#N)cc4)N(C)C(=O)OC(C)(C)C)cc23)cn1. The number of amides is 3. The second kappa shape index (κ2) is 10.6. The van der Waals surface area contributed by atoms with Gasteiger partial charge < -0.3 is 10.1 Å². The van der Waals surface area contributed by atoms with E-state index in [1.165, 1.54) is 19.1 Å². The summed E-state index contributed by atoms with van der Waals surface area (Å²) in [6, 6.07) is 15.0. The lowest BCUT2D eigenvalue weighted by Gasteiger charge is -2.33. The number of anilines is 1. The highest BCUT2D eigenvalue weighted by Gasteiger charge is 2.30. The van der Waals surface area contributed by atoms with Crippen molar-refractivity contribution in [3.8, 4) is 17.2 Å². The quantitative estimate of drug-likeness (QED) is 0.397. The van der Waals surface area contributed by atoms with Gasteiger partial charge in [0.15, 0.2) is 0 Å². The van der Waals surface area contributed by atoms with Crippen molar-refractivity contribution in [2.45, 2.75) is 26.4 Å². The lowest BCUT2D eigenvalue weighted by Crippen LogP contribution is -2.49. The topological polar surface area (TPSA) is 133 Å². The van der Waals surface area contributed by atoms with Crippen LogP contribution in [0.4, 0.5) is 10.5 Å². The van der Waals surface area contributed by atoms with E-state index in [1.807, 2.05) is 6.07 Å². The number of nitrogens with one attached hydrogen (secondary N) is 1. The number of fused-ring (bicyclic) bond motifs is 1. The van der Waals surface area contributed by atoms with Gasteiger partial charge in [0.25, 0.3) is 11.8 Å². The molecule has 3 aromatic heterocycles. The molecule has 39 heavy (non-hydrogen) atoms. The first-order valence-electron chi connectivity index (χ1n) is 12.0. The molecule has 0 aliphatic carbocycles. The molecule has 0 spiro atoms. The van der Waals surface area contributed by atoms with Gasteiger partial charge in [0.1, 0.15) is 11.3 Å². The number of nitriles is 1. The largest absolute Gasteiger partial charge is 0.442 e. The van der Waals surface area contributed by atoms with E-state index in [0.29, 0.717) is 27.9 Å². The highest BCUT2D eigenvalue weighted by molar-refractivity contribution is 6.08. The van der Waals surface area contributed by atoms with E-state index in [1.54, 1.807) is 92.4 Å². The number of ether oxygens (including phenoxy) is 1. The molecule has 11 nitrogen and oxygen atoms in total. The molecule has 0 saturated heterocycles. The summed E-state index contributed by atoms with van der Waals surface area (Å²) >= 11 is 0. The molecule has 0 atom stereocenters. The van der Waals surface area contributed by atoms with Crippen molar-refractivity contribution in [2.24, 2.45) is 0 Å². The summed E-state index contributed by atoms with van der Waals surface area (Å²) in [5.74, 6) is -0.804. The minimum Gasteiger partial charge on any atom is -0.442 e. The Labute approximate surface area is 225 Å². The molecular weight excluding hydrogens is 498 g/mol. The van der Waals surface area contributed by atoms with Crippen LogP contribution in [0.2, 0.25) is 0 Å². The predicted octanol–water partition coefficient (Wildman–Crippen LogP) is 4.06. The summed E-state index contributed by atoms with van der Waals surface area (Å²) < 4.78 is 7.11. The maximum absolute atomic E-state index is 13.9. The van der Waals surface area contributed by atoms with E-state index in [-0.39, 0.29) is 17.2 Å². The van der Waals surface area contributed by atoms with Gasteiger partial charge in [-0.1, -0.05) is 6.07 Å². The van der Waals surface area contributed by atoms with Crippen LogP contribution in [0.15, 0.2) is 67.1 Å². The van der Waals surface area contributed by atoms with Crippen molar-refractivity contribution in [2.75, 3.05) is 19.1 Å². The number of rotatable bonds is 4. The molecule has 0 bridgehead atoms. The molecule has 0 fully saturated rings. The Morgan fingerprint density at radius 3 is 2.36 bits per heavy atom. The molecule has 4 aromatic rings. The Balaban J connectivity index is 1.75. The van der Waals surface area contributed by atoms with Crippen molar-refractivity contribution >= 4 is 29.1 Å². The van der Waals surface area contributed by atoms with Crippen LogP contribution in [0, 0.1) is 11.3 Å². The third kappa shape index (κ3) is 5.70. The van der Waals surface area contributed by atoms with Gasteiger partial charge in [-0.2, -0.15) is 10.4 Å². The van der Waals surface area contributed by atoms with Gasteiger partial charge in [-0.05, 0) is 63.2 Å². The van der Waals surface area contributed by atoms with E-state index >= 15 is 0 Å². The Hall–Kier alpha value is -5.24. The van der Waals surface area contributed by atoms with Crippen LogP contribution >= 0.6 is 0 Å². The Morgan fingerprint density at radius 1 is 1.05 bits per heavy atom. The Morgan fingerprint density at radius 2 is 1.77 bits per heavy atom. The van der Waals surface area contributed by atoms with E-state index < -0.39 is 17.6 Å². The van der Waals surface area contributed by atoms with Crippen LogP contribution in [-0.4, -0.2) is 57.2 Å². The molecule has 0 aliphatic rings. The van der Waals surface area contributed by atoms with Crippen LogP contribution < -0.4 is 10.3 Å². The fourth-order valence-electron chi connectivity index (χ4n) is 3.79. The number of carbonyl (C=O) groups is 3. The summed E-state index contributed by atoms with van der Waals surface area (Å²) in [7, 11) is 2.97. The van der Waals surface area contributed by atoms with Gasteiger partial charge in [-0.3, -0.25) is 14.6 Å². The molecule has 0 saturated carbocycles. The first-order valence-corrected chi connectivity index (χ1v) is 12.0. The zero-order chi connectivity index (χ0) is 28.3. The zero-order valence-electron chi connectivity index (χ0n) is 22.2. The van der Waals surface area contributed by atoms with Crippen molar-refractivity contribution in [3.05, 3.63) is 83.9 Å². The molecule has 0 aliphatic heterocycles. The molecule has 4 rings (SSSR count). The third-order valence-corrected chi connectivity index (χ3v) is 5.69. The number of carbonyl (C=O) groups excluding carboxylic acids is 3. The maximum atomic E-state index is 13.9. The number of hydrogen-bond donors (Lipinski definition) is 1.